The Kier molecular flexibility index (Phi) is 6.95. The van der Waals surface area contributed by atoms with Gasteiger partial charge in [0.05, 0.1) is 21.3 Å². The zero-order valence-electron chi connectivity index (χ0n) is 17.1. The van der Waals surface area contributed by atoms with Crippen molar-refractivity contribution in [3.8, 4) is 17.2 Å². The van der Waals surface area contributed by atoms with Gasteiger partial charge in [0.15, 0.2) is 11.5 Å². The molecule has 3 aromatic rings. The van der Waals surface area contributed by atoms with E-state index in [-0.39, 0.29) is 5.91 Å². The Bertz CT molecular complexity index is 990. The van der Waals surface area contributed by atoms with Crippen molar-refractivity contribution in [3.05, 3.63) is 78.4 Å². The van der Waals surface area contributed by atoms with Crippen molar-refractivity contribution in [1.82, 2.24) is 0 Å². The number of hydrogen-bond donors (Lipinski definition) is 2. The SMILES string of the molecule is COc1cc(/C=C/C(=O)Nc2ccc(Nc3ccccc3)cc2)cc(OC)c1OC. The van der Waals surface area contributed by atoms with Crippen molar-refractivity contribution in [3.63, 3.8) is 0 Å². The lowest BCUT2D eigenvalue weighted by Crippen LogP contribution is -2.07. The normalized spacial score (nSPS) is 10.5. The molecule has 0 spiro atoms. The Morgan fingerprint density at radius 1 is 0.767 bits per heavy atom. The first-order valence-corrected chi connectivity index (χ1v) is 9.34. The van der Waals surface area contributed by atoms with E-state index in [1.165, 1.54) is 6.08 Å². The first-order valence-electron chi connectivity index (χ1n) is 9.34. The minimum absolute atomic E-state index is 0.243. The van der Waals surface area contributed by atoms with Crippen LogP contribution >= 0.6 is 0 Å². The van der Waals surface area contributed by atoms with E-state index in [2.05, 4.69) is 10.6 Å². The molecule has 0 aliphatic heterocycles. The third-order valence-corrected chi connectivity index (χ3v) is 4.33. The van der Waals surface area contributed by atoms with Crippen LogP contribution in [0, 0.1) is 0 Å². The molecule has 0 bridgehead atoms. The number of amides is 1. The number of ether oxygens (including phenoxy) is 3. The van der Waals surface area contributed by atoms with Gasteiger partial charge in [-0.15, -0.1) is 0 Å². The lowest BCUT2D eigenvalue weighted by Gasteiger charge is -2.12. The molecule has 0 unspecified atom stereocenters. The van der Waals surface area contributed by atoms with Gasteiger partial charge in [-0.1, -0.05) is 18.2 Å². The molecule has 6 heteroatoms. The Morgan fingerprint density at radius 3 is 1.90 bits per heavy atom. The average molecular weight is 404 g/mol. The van der Waals surface area contributed by atoms with Crippen LogP contribution in [0.3, 0.4) is 0 Å². The van der Waals surface area contributed by atoms with Crippen LogP contribution in [0.15, 0.2) is 72.8 Å². The molecule has 0 heterocycles. The van der Waals surface area contributed by atoms with E-state index in [0.29, 0.717) is 22.9 Å². The number of methoxy groups -OCH3 is 3. The molecule has 0 saturated carbocycles. The monoisotopic (exact) mass is 404 g/mol. The highest BCUT2D eigenvalue weighted by Gasteiger charge is 2.12. The fourth-order valence-electron chi connectivity index (χ4n) is 2.88. The van der Waals surface area contributed by atoms with Crippen LogP contribution < -0.4 is 24.8 Å². The number of hydrogen-bond acceptors (Lipinski definition) is 5. The second-order valence-corrected chi connectivity index (χ2v) is 6.35. The van der Waals surface area contributed by atoms with Crippen molar-refractivity contribution >= 4 is 29.0 Å². The van der Waals surface area contributed by atoms with Gasteiger partial charge in [0, 0.05) is 23.1 Å². The van der Waals surface area contributed by atoms with E-state index in [1.54, 1.807) is 39.5 Å². The second-order valence-electron chi connectivity index (χ2n) is 6.35. The van der Waals surface area contributed by atoms with Gasteiger partial charge < -0.3 is 24.8 Å². The van der Waals surface area contributed by atoms with Crippen LogP contribution in [0.4, 0.5) is 17.1 Å². The van der Waals surface area contributed by atoms with Gasteiger partial charge in [-0.2, -0.15) is 0 Å². The molecular weight excluding hydrogens is 380 g/mol. The fraction of sp³-hybridized carbons (Fsp3) is 0.125. The zero-order valence-corrected chi connectivity index (χ0v) is 17.1. The molecule has 3 rings (SSSR count). The summed E-state index contributed by atoms with van der Waals surface area (Å²) < 4.78 is 16.0. The van der Waals surface area contributed by atoms with E-state index >= 15 is 0 Å². The van der Waals surface area contributed by atoms with Gasteiger partial charge in [0.2, 0.25) is 11.7 Å². The second kappa shape index (κ2) is 10.0. The van der Waals surface area contributed by atoms with Crippen molar-refractivity contribution in [2.75, 3.05) is 32.0 Å². The molecule has 154 valence electrons. The molecule has 30 heavy (non-hydrogen) atoms. The number of benzene rings is 3. The summed E-state index contributed by atoms with van der Waals surface area (Å²) in [5.74, 6) is 1.31. The summed E-state index contributed by atoms with van der Waals surface area (Å²) in [6.07, 6.45) is 3.14. The summed E-state index contributed by atoms with van der Waals surface area (Å²) in [5.41, 5.74) is 3.39. The smallest absolute Gasteiger partial charge is 0.248 e. The first-order chi connectivity index (χ1) is 14.6. The molecule has 2 N–H and O–H groups in total. The Morgan fingerprint density at radius 2 is 1.33 bits per heavy atom. The van der Waals surface area contributed by atoms with Gasteiger partial charge >= 0.3 is 0 Å². The summed E-state index contributed by atoms with van der Waals surface area (Å²) in [5, 5.41) is 6.14. The van der Waals surface area contributed by atoms with E-state index in [1.807, 2.05) is 54.6 Å². The predicted octanol–water partition coefficient (Wildman–Crippen LogP) is 5.11. The molecule has 0 aliphatic carbocycles. The van der Waals surface area contributed by atoms with Crippen molar-refractivity contribution in [2.24, 2.45) is 0 Å². The molecule has 3 aromatic carbocycles. The standard InChI is InChI=1S/C24H24N2O4/c1-28-21-15-17(16-22(29-2)24(21)30-3)9-14-23(27)26-20-12-10-19(11-13-20)25-18-7-5-4-6-8-18/h4-16,25H,1-3H3,(H,26,27)/b14-9+. The number of para-hydroxylation sites is 1. The third kappa shape index (κ3) is 5.32. The van der Waals surface area contributed by atoms with Crippen LogP contribution in [0.5, 0.6) is 17.2 Å². The largest absolute Gasteiger partial charge is 0.493 e. The van der Waals surface area contributed by atoms with Crippen LogP contribution in [0.1, 0.15) is 5.56 Å². The zero-order chi connectivity index (χ0) is 21.3. The van der Waals surface area contributed by atoms with Crippen molar-refractivity contribution in [1.29, 1.82) is 0 Å². The summed E-state index contributed by atoms with van der Waals surface area (Å²) in [4.78, 5) is 12.3. The summed E-state index contributed by atoms with van der Waals surface area (Å²) in [6.45, 7) is 0. The summed E-state index contributed by atoms with van der Waals surface area (Å²) in [6, 6.07) is 20.9. The van der Waals surface area contributed by atoms with Gasteiger partial charge in [-0.25, -0.2) is 0 Å². The minimum atomic E-state index is -0.243. The van der Waals surface area contributed by atoms with Crippen molar-refractivity contribution < 1.29 is 19.0 Å². The van der Waals surface area contributed by atoms with E-state index < -0.39 is 0 Å². The van der Waals surface area contributed by atoms with E-state index in [4.69, 9.17) is 14.2 Å². The highest BCUT2D eigenvalue weighted by Crippen LogP contribution is 2.38. The first kappa shape index (κ1) is 20.8. The van der Waals surface area contributed by atoms with Crippen LogP contribution in [0.25, 0.3) is 6.08 Å². The van der Waals surface area contributed by atoms with Gasteiger partial charge in [-0.3, -0.25) is 4.79 Å². The molecular formula is C24H24N2O4. The predicted molar refractivity (Wildman–Crippen MR) is 120 cm³/mol. The molecule has 0 aliphatic rings. The van der Waals surface area contributed by atoms with Crippen LogP contribution in [0.2, 0.25) is 0 Å². The van der Waals surface area contributed by atoms with E-state index in [0.717, 1.165) is 16.9 Å². The molecule has 0 radical (unpaired) electrons. The number of rotatable bonds is 8. The number of nitrogens with one attached hydrogen (secondary N) is 2. The molecule has 1 amide bonds. The maximum atomic E-state index is 12.3. The lowest BCUT2D eigenvalue weighted by molar-refractivity contribution is -0.111. The molecule has 0 fully saturated rings. The van der Waals surface area contributed by atoms with Crippen LogP contribution in [-0.2, 0) is 4.79 Å². The maximum Gasteiger partial charge on any atom is 0.248 e. The number of carbonyl (C=O) groups is 1. The maximum absolute atomic E-state index is 12.3. The van der Waals surface area contributed by atoms with Gasteiger partial charge in [0.25, 0.3) is 0 Å². The summed E-state index contributed by atoms with van der Waals surface area (Å²) >= 11 is 0. The van der Waals surface area contributed by atoms with E-state index in [9.17, 15) is 4.79 Å². The average Bonchev–Trinajstić information content (AvgIpc) is 2.78. The van der Waals surface area contributed by atoms with Crippen LogP contribution in [-0.4, -0.2) is 27.2 Å². The molecule has 6 nitrogen and oxygen atoms in total. The van der Waals surface area contributed by atoms with Gasteiger partial charge in [0.1, 0.15) is 0 Å². The quantitative estimate of drug-likeness (QED) is 0.511. The fourth-order valence-corrected chi connectivity index (χ4v) is 2.88. The lowest BCUT2D eigenvalue weighted by atomic mass is 10.1. The topological polar surface area (TPSA) is 68.8 Å². The summed E-state index contributed by atoms with van der Waals surface area (Å²) in [7, 11) is 4.64. The minimum Gasteiger partial charge on any atom is -0.493 e. The molecule has 0 saturated heterocycles. The highest BCUT2D eigenvalue weighted by atomic mass is 16.5. The third-order valence-electron chi connectivity index (χ3n) is 4.33. The Labute approximate surface area is 176 Å². The Hall–Kier alpha value is -3.93. The molecule has 0 aromatic heterocycles. The van der Waals surface area contributed by atoms with Crippen molar-refractivity contribution in [2.45, 2.75) is 0 Å². The molecule has 0 atom stereocenters. The highest BCUT2D eigenvalue weighted by molar-refractivity contribution is 6.02. The number of carbonyl (C=O) groups excluding carboxylic acids is 1. The Balaban J connectivity index is 1.64. The van der Waals surface area contributed by atoms with Gasteiger partial charge in [-0.05, 0) is 60.2 Å². The number of anilines is 3.